The predicted molar refractivity (Wildman–Crippen MR) is 136 cm³/mol. The molecule has 2 aliphatic carbocycles. The summed E-state index contributed by atoms with van der Waals surface area (Å²) < 4.78 is 1.74. The van der Waals surface area contributed by atoms with E-state index in [4.69, 9.17) is 0 Å². The Morgan fingerprint density at radius 1 is 1.06 bits per heavy atom. The second-order valence-corrected chi connectivity index (χ2v) is 11.2. The molecule has 1 aliphatic heterocycles. The van der Waals surface area contributed by atoms with Crippen molar-refractivity contribution in [1.82, 2.24) is 14.9 Å². The fourth-order valence-corrected chi connectivity index (χ4v) is 6.62. The minimum Gasteiger partial charge on any atom is -0.345 e. The van der Waals surface area contributed by atoms with E-state index in [1.807, 2.05) is 24.3 Å². The average Bonchev–Trinajstić information content (AvgIpc) is 2.83. The summed E-state index contributed by atoms with van der Waals surface area (Å²) in [7, 11) is -2.51. The van der Waals surface area contributed by atoms with Crippen LogP contribution in [0.1, 0.15) is 90.0 Å². The molecular formula is C26H40N3O3P. The molecule has 1 saturated heterocycles. The zero-order valence-electron chi connectivity index (χ0n) is 20.0. The van der Waals surface area contributed by atoms with Gasteiger partial charge in [-0.05, 0) is 56.2 Å². The molecule has 2 bridgehead atoms. The number of hydrogen-bond donors (Lipinski definition) is 3. The lowest BCUT2D eigenvalue weighted by Crippen LogP contribution is -2.44. The van der Waals surface area contributed by atoms with E-state index in [1.54, 1.807) is 36.7 Å². The number of rotatable bonds is 5. The van der Waals surface area contributed by atoms with Crippen molar-refractivity contribution in [2.24, 2.45) is 11.8 Å². The second kappa shape index (κ2) is 11.9. The Balaban J connectivity index is 0.000000238. The Bertz CT molecular complexity index is 943. The lowest BCUT2D eigenvalue weighted by molar-refractivity contribution is 0.190. The molecule has 2 saturated carbocycles. The van der Waals surface area contributed by atoms with E-state index < -0.39 is 8.38 Å². The zero-order valence-corrected chi connectivity index (χ0v) is 20.8. The fraction of sp³-hybridized carbons (Fsp3) is 0.692. The van der Waals surface area contributed by atoms with E-state index in [1.165, 1.54) is 19.3 Å². The van der Waals surface area contributed by atoms with Crippen molar-refractivity contribution in [3.8, 4) is 0 Å². The van der Waals surface area contributed by atoms with Gasteiger partial charge in [0.15, 0.2) is 5.44 Å². The smallest absolute Gasteiger partial charge is 0.282 e. The second-order valence-electron chi connectivity index (χ2n) is 10.2. The minimum absolute atomic E-state index is 0.0576. The van der Waals surface area contributed by atoms with E-state index in [9.17, 15) is 14.6 Å². The van der Waals surface area contributed by atoms with Crippen LogP contribution in [0, 0.1) is 11.8 Å². The quantitative estimate of drug-likeness (QED) is 0.544. The van der Waals surface area contributed by atoms with Crippen molar-refractivity contribution in [1.29, 1.82) is 0 Å². The lowest BCUT2D eigenvalue weighted by Gasteiger charge is -2.33. The van der Waals surface area contributed by atoms with Crippen molar-refractivity contribution in [3.05, 3.63) is 34.6 Å². The third-order valence-electron chi connectivity index (χ3n) is 7.82. The molecule has 0 radical (unpaired) electrons. The Kier molecular flexibility index (Phi) is 8.92. The summed E-state index contributed by atoms with van der Waals surface area (Å²) in [4.78, 5) is 36.2. The van der Waals surface area contributed by atoms with Crippen LogP contribution in [-0.2, 0) is 0 Å². The number of fused-ring (bicyclic) bond motifs is 3. The summed E-state index contributed by atoms with van der Waals surface area (Å²) in [6, 6.07) is 7.88. The van der Waals surface area contributed by atoms with E-state index in [0.717, 1.165) is 49.6 Å². The van der Waals surface area contributed by atoms with Gasteiger partial charge in [-0.25, -0.2) is 4.98 Å². The van der Waals surface area contributed by atoms with E-state index in [-0.39, 0.29) is 17.0 Å². The van der Waals surface area contributed by atoms with Crippen molar-refractivity contribution in [3.63, 3.8) is 0 Å². The van der Waals surface area contributed by atoms with Gasteiger partial charge in [-0.1, -0.05) is 70.4 Å². The highest BCUT2D eigenvalue weighted by molar-refractivity contribution is 7.53. The summed E-state index contributed by atoms with van der Waals surface area (Å²) in [5, 5.41) is 3.53. The van der Waals surface area contributed by atoms with Crippen molar-refractivity contribution >= 4 is 24.8 Å². The van der Waals surface area contributed by atoms with E-state index in [0.29, 0.717) is 11.6 Å². The highest BCUT2D eigenvalue weighted by Crippen LogP contribution is 2.39. The van der Waals surface area contributed by atoms with Crippen LogP contribution in [0.3, 0.4) is 0 Å². The van der Waals surface area contributed by atoms with Gasteiger partial charge in [-0.3, -0.25) is 4.79 Å². The minimum atomic E-state index is -2.51. The molecule has 33 heavy (non-hydrogen) atoms. The molecule has 1 aromatic carbocycles. The molecule has 0 spiro atoms. The third-order valence-corrected chi connectivity index (χ3v) is 8.49. The first-order chi connectivity index (χ1) is 16.1. The van der Waals surface area contributed by atoms with Crippen LogP contribution in [0.5, 0.6) is 0 Å². The molecule has 3 fully saturated rings. The number of piperidine rings is 1. The predicted octanol–water partition coefficient (Wildman–Crippen LogP) is 4.78. The molecule has 2 atom stereocenters. The molecule has 2 unspecified atom stereocenters. The van der Waals surface area contributed by atoms with Crippen molar-refractivity contribution in [2.75, 3.05) is 6.54 Å². The Hall–Kier alpha value is -1.33. The van der Waals surface area contributed by atoms with Crippen LogP contribution < -0.4 is 16.3 Å². The maximum Gasteiger partial charge on any atom is 0.282 e. The molecule has 7 heteroatoms. The van der Waals surface area contributed by atoms with Crippen molar-refractivity contribution in [2.45, 2.75) is 96.1 Å². The summed E-state index contributed by atoms with van der Waals surface area (Å²) in [6.07, 6.45) is 16.0. The number of nitrogens with zero attached hydrogens (tertiary/aromatic N) is 2. The van der Waals surface area contributed by atoms with E-state index in [2.05, 4.69) is 17.2 Å². The van der Waals surface area contributed by atoms with Gasteiger partial charge in [0.25, 0.3) is 5.56 Å². The van der Waals surface area contributed by atoms with Crippen LogP contribution >= 0.6 is 8.38 Å². The monoisotopic (exact) mass is 473 g/mol. The standard InChI is InChI=1S/C17H24N3O3P.C9H16/c1-2-3-6-12-11-13(9-10-18-12)20-15-8-5-4-7-14(15)19-16(17(20)21)24(22)23;1-3-8-5-2-6-9(4-1)7-8/h4-5,7-8,12-13,18,22-23H,2-3,6,9-11H2,1H3;8-9H,1-7H2. The van der Waals surface area contributed by atoms with Gasteiger partial charge in [0, 0.05) is 12.1 Å². The van der Waals surface area contributed by atoms with Gasteiger partial charge in [-0.2, -0.15) is 0 Å². The number of para-hydroxylation sites is 2. The largest absolute Gasteiger partial charge is 0.345 e. The summed E-state index contributed by atoms with van der Waals surface area (Å²) in [5.41, 5.74) is 0.897. The number of unbranched alkanes of at least 4 members (excludes halogenated alkanes) is 1. The van der Waals surface area contributed by atoms with Crippen LogP contribution in [0.2, 0.25) is 0 Å². The SMILES string of the molecule is C1CC2CCCC(C1)C2.CCCCC1CC(n2c(=O)c(P(O)O)nc3ccccc32)CCN1. The molecule has 0 amide bonds. The van der Waals surface area contributed by atoms with Gasteiger partial charge in [0.2, 0.25) is 8.38 Å². The van der Waals surface area contributed by atoms with Crippen LogP contribution in [0.4, 0.5) is 0 Å². The van der Waals surface area contributed by atoms with Crippen LogP contribution in [0.25, 0.3) is 11.0 Å². The molecule has 2 aromatic rings. The van der Waals surface area contributed by atoms with Gasteiger partial charge in [0.05, 0.1) is 11.0 Å². The number of hydrogen-bond acceptors (Lipinski definition) is 5. The van der Waals surface area contributed by atoms with Gasteiger partial charge < -0.3 is 19.7 Å². The molecule has 3 N–H and O–H groups in total. The first-order valence-corrected chi connectivity index (χ1v) is 14.2. The third kappa shape index (κ3) is 6.22. The molecule has 5 rings (SSSR count). The normalized spacial score (nSPS) is 27.3. The maximum atomic E-state index is 12.8. The lowest BCUT2D eigenvalue weighted by atomic mass is 9.72. The van der Waals surface area contributed by atoms with Crippen molar-refractivity contribution < 1.29 is 9.79 Å². The number of nitrogens with one attached hydrogen (secondary N) is 1. The molecule has 3 aliphatic rings. The first-order valence-electron chi connectivity index (χ1n) is 13.0. The Morgan fingerprint density at radius 2 is 1.76 bits per heavy atom. The summed E-state index contributed by atoms with van der Waals surface area (Å²) in [6.45, 7) is 3.04. The highest BCUT2D eigenvalue weighted by atomic mass is 31.2. The van der Waals surface area contributed by atoms with Gasteiger partial charge >= 0.3 is 0 Å². The molecule has 1 aromatic heterocycles. The number of benzene rings is 1. The molecule has 182 valence electrons. The first kappa shape index (κ1) is 24.8. The Labute approximate surface area is 198 Å². The van der Waals surface area contributed by atoms with E-state index >= 15 is 0 Å². The molecule has 6 nitrogen and oxygen atoms in total. The number of aromatic nitrogens is 2. The maximum absolute atomic E-state index is 12.8. The summed E-state index contributed by atoms with van der Waals surface area (Å²) in [5.74, 6) is 2.30. The molecular weight excluding hydrogens is 433 g/mol. The molecule has 2 heterocycles. The fourth-order valence-electron chi connectivity index (χ4n) is 6.14. The topological polar surface area (TPSA) is 87.4 Å². The zero-order chi connectivity index (χ0) is 23.2. The van der Waals surface area contributed by atoms with Gasteiger partial charge in [0.1, 0.15) is 0 Å². The van der Waals surface area contributed by atoms with Crippen LogP contribution in [0.15, 0.2) is 29.1 Å². The van der Waals surface area contributed by atoms with Gasteiger partial charge in [-0.15, -0.1) is 0 Å². The average molecular weight is 474 g/mol. The van der Waals surface area contributed by atoms with Crippen LogP contribution in [-0.4, -0.2) is 31.9 Å². The highest BCUT2D eigenvalue weighted by Gasteiger charge is 2.27. The summed E-state index contributed by atoms with van der Waals surface area (Å²) >= 11 is 0. The Morgan fingerprint density at radius 3 is 2.39 bits per heavy atom.